The topological polar surface area (TPSA) is 149 Å². The van der Waals surface area contributed by atoms with Crippen LogP contribution in [0.1, 0.15) is 271 Å². The van der Waals surface area contributed by atoms with Gasteiger partial charge in [-0.15, -0.1) is 0 Å². The number of carbonyl (C=O) groups is 1. The summed E-state index contributed by atoms with van der Waals surface area (Å²) in [6, 6.07) is -0.852. The Kier molecular flexibility index (Phi) is 51.3. The predicted molar refractivity (Wildman–Crippen MR) is 318 cm³/mol. The summed E-state index contributed by atoms with van der Waals surface area (Å²) in [5, 5.41) is 54.5. The van der Waals surface area contributed by atoms with E-state index in [1.807, 2.05) is 18.2 Å². The van der Waals surface area contributed by atoms with Crippen LogP contribution in [0, 0.1) is 0 Å². The number of aliphatic hydroxyl groups excluding tert-OH is 5. The highest BCUT2D eigenvalue weighted by atomic mass is 16.7. The minimum atomic E-state index is -1.59. The molecule has 434 valence electrons. The molecule has 0 aromatic rings. The van der Waals surface area contributed by atoms with Crippen LogP contribution in [0.25, 0.3) is 0 Å². The maximum absolute atomic E-state index is 13.0. The molecule has 1 aliphatic heterocycles. The van der Waals surface area contributed by atoms with Crippen LogP contribution in [0.3, 0.4) is 0 Å². The van der Waals surface area contributed by atoms with E-state index in [2.05, 4.69) is 79.9 Å². The third-order valence-corrected chi connectivity index (χ3v) is 14.5. The normalized spacial score (nSPS) is 19.5. The number of allylic oxidation sites excluding steroid dienone is 13. The smallest absolute Gasteiger partial charge is 0.220 e. The highest BCUT2D eigenvalue weighted by molar-refractivity contribution is 5.76. The SMILES string of the molecule is CC/C=C\C/C=C\C/C=C\C/C=C\C/C=C\C/C=C\CCC(=O)NC(COC1OC(CO)C(O)C(O)C1O)C(O)/C=C/CCCCCCCCCCCCCCCCCCCCCCCCCCCCCCCCC. The van der Waals surface area contributed by atoms with Crippen LogP contribution in [0.5, 0.6) is 0 Å². The molecule has 0 radical (unpaired) electrons. The first-order chi connectivity index (χ1) is 36.8. The molecular formula is C66H117NO8. The molecule has 0 aromatic heterocycles. The van der Waals surface area contributed by atoms with E-state index in [1.165, 1.54) is 186 Å². The van der Waals surface area contributed by atoms with Crippen molar-refractivity contribution in [1.82, 2.24) is 5.32 Å². The van der Waals surface area contributed by atoms with E-state index >= 15 is 0 Å². The van der Waals surface area contributed by atoms with Gasteiger partial charge in [0.25, 0.3) is 0 Å². The van der Waals surface area contributed by atoms with Gasteiger partial charge in [0.15, 0.2) is 6.29 Å². The summed E-state index contributed by atoms with van der Waals surface area (Å²) in [6.07, 6.45) is 71.2. The van der Waals surface area contributed by atoms with Gasteiger partial charge in [0.2, 0.25) is 5.91 Å². The minimum absolute atomic E-state index is 0.217. The van der Waals surface area contributed by atoms with Crippen LogP contribution in [-0.4, -0.2) is 87.5 Å². The zero-order chi connectivity index (χ0) is 54.3. The number of aliphatic hydroxyl groups is 5. The molecule has 9 heteroatoms. The molecule has 1 fully saturated rings. The molecule has 0 spiro atoms. The van der Waals surface area contributed by atoms with E-state index < -0.39 is 49.5 Å². The third-order valence-electron chi connectivity index (χ3n) is 14.5. The van der Waals surface area contributed by atoms with Crippen LogP contribution < -0.4 is 5.32 Å². The first-order valence-electron chi connectivity index (χ1n) is 31.3. The van der Waals surface area contributed by atoms with E-state index in [0.717, 1.165) is 57.8 Å². The zero-order valence-electron chi connectivity index (χ0n) is 48.3. The average Bonchev–Trinajstić information content (AvgIpc) is 3.41. The van der Waals surface area contributed by atoms with Gasteiger partial charge in [-0.05, 0) is 57.8 Å². The Bertz CT molecular complexity index is 1450. The lowest BCUT2D eigenvalue weighted by Gasteiger charge is -2.40. The molecule has 1 aliphatic rings. The molecule has 1 saturated heterocycles. The van der Waals surface area contributed by atoms with Gasteiger partial charge in [-0.2, -0.15) is 0 Å². The Labute approximate surface area is 461 Å². The van der Waals surface area contributed by atoms with Crippen LogP contribution in [0.15, 0.2) is 85.1 Å². The van der Waals surface area contributed by atoms with Gasteiger partial charge >= 0.3 is 0 Å². The summed E-state index contributed by atoms with van der Waals surface area (Å²) < 4.78 is 11.2. The van der Waals surface area contributed by atoms with Gasteiger partial charge in [0, 0.05) is 6.42 Å². The largest absolute Gasteiger partial charge is 0.394 e. The monoisotopic (exact) mass is 1050 g/mol. The fourth-order valence-electron chi connectivity index (χ4n) is 9.59. The molecule has 9 nitrogen and oxygen atoms in total. The molecule has 0 aliphatic carbocycles. The van der Waals surface area contributed by atoms with E-state index in [1.54, 1.807) is 6.08 Å². The van der Waals surface area contributed by atoms with Crippen molar-refractivity contribution in [3.63, 3.8) is 0 Å². The highest BCUT2D eigenvalue weighted by Gasteiger charge is 2.44. The lowest BCUT2D eigenvalue weighted by atomic mass is 9.99. The van der Waals surface area contributed by atoms with Crippen LogP contribution in [-0.2, 0) is 14.3 Å². The van der Waals surface area contributed by atoms with Gasteiger partial charge in [0.1, 0.15) is 24.4 Å². The fraction of sp³-hybridized carbons (Fsp3) is 0.773. The molecule has 0 aromatic carbocycles. The summed E-state index contributed by atoms with van der Waals surface area (Å²) in [5.41, 5.74) is 0. The number of rotatable bonds is 53. The highest BCUT2D eigenvalue weighted by Crippen LogP contribution is 2.23. The van der Waals surface area contributed by atoms with Crippen molar-refractivity contribution in [2.45, 2.75) is 314 Å². The Balaban J connectivity index is 2.19. The first-order valence-corrected chi connectivity index (χ1v) is 31.3. The summed E-state index contributed by atoms with van der Waals surface area (Å²) in [7, 11) is 0. The Morgan fingerprint density at radius 1 is 0.467 bits per heavy atom. The van der Waals surface area contributed by atoms with Gasteiger partial charge < -0.3 is 40.3 Å². The van der Waals surface area contributed by atoms with E-state index in [9.17, 15) is 30.3 Å². The summed E-state index contributed by atoms with van der Waals surface area (Å²) in [5.74, 6) is -0.259. The van der Waals surface area contributed by atoms with Crippen molar-refractivity contribution in [3.05, 3.63) is 85.1 Å². The standard InChI is InChI=1S/C66H117NO8/c1-3-5-7-9-11-13-15-17-19-21-23-24-25-26-27-28-29-30-31-32-33-34-35-36-38-39-41-43-45-47-49-51-53-55-60(69)59(58-74-66-65(73)64(72)63(71)61(57-68)75-66)67-62(70)56-54-52-50-48-46-44-42-40-37-22-20-18-16-14-12-10-8-6-4-2/h6,8,12,14,18,20,37,40,44,46,50,52-53,55,59-61,63-66,68-69,71-73H,3-5,7,9-11,13,15-17,19,21-36,38-39,41-43,45,47-49,51,54,56-58H2,1-2H3,(H,67,70)/b8-6-,14-12-,20-18-,40-37-,46-44-,52-50-,55-53+. The quantitative estimate of drug-likeness (QED) is 0.0261. The van der Waals surface area contributed by atoms with Gasteiger partial charge in [0.05, 0.1) is 25.4 Å². The molecule has 75 heavy (non-hydrogen) atoms. The Hall–Kier alpha value is -2.63. The summed E-state index contributed by atoms with van der Waals surface area (Å²) in [6.45, 7) is 3.64. The predicted octanol–water partition coefficient (Wildman–Crippen LogP) is 16.2. The number of hydrogen-bond acceptors (Lipinski definition) is 8. The first kappa shape index (κ1) is 70.4. The Morgan fingerprint density at radius 3 is 1.20 bits per heavy atom. The summed E-state index contributed by atoms with van der Waals surface area (Å²) in [4.78, 5) is 13.0. The number of amides is 1. The number of carbonyl (C=O) groups excluding carboxylic acids is 1. The molecule has 1 heterocycles. The van der Waals surface area contributed by atoms with E-state index in [-0.39, 0.29) is 18.9 Å². The van der Waals surface area contributed by atoms with Crippen molar-refractivity contribution in [2.24, 2.45) is 0 Å². The second kappa shape index (κ2) is 54.7. The molecule has 7 unspecified atom stereocenters. The van der Waals surface area contributed by atoms with E-state index in [4.69, 9.17) is 9.47 Å². The van der Waals surface area contributed by atoms with Gasteiger partial charge in [-0.3, -0.25) is 4.79 Å². The fourth-order valence-corrected chi connectivity index (χ4v) is 9.59. The number of hydrogen-bond donors (Lipinski definition) is 6. The average molecular weight is 1050 g/mol. The van der Waals surface area contributed by atoms with Crippen molar-refractivity contribution in [1.29, 1.82) is 0 Å². The lowest BCUT2D eigenvalue weighted by molar-refractivity contribution is -0.302. The van der Waals surface area contributed by atoms with Crippen molar-refractivity contribution in [3.8, 4) is 0 Å². The van der Waals surface area contributed by atoms with Crippen molar-refractivity contribution >= 4 is 5.91 Å². The van der Waals surface area contributed by atoms with Gasteiger partial charge in [-0.25, -0.2) is 0 Å². The second-order valence-electron chi connectivity index (χ2n) is 21.5. The van der Waals surface area contributed by atoms with E-state index in [0.29, 0.717) is 6.42 Å². The lowest BCUT2D eigenvalue weighted by Crippen LogP contribution is -2.60. The Morgan fingerprint density at radius 2 is 0.827 bits per heavy atom. The van der Waals surface area contributed by atoms with Gasteiger partial charge in [-0.1, -0.05) is 292 Å². The number of ether oxygens (including phenoxy) is 2. The van der Waals surface area contributed by atoms with Crippen LogP contribution in [0.2, 0.25) is 0 Å². The maximum Gasteiger partial charge on any atom is 0.220 e. The molecule has 0 saturated carbocycles. The third kappa shape index (κ3) is 44.0. The molecule has 1 amide bonds. The molecule has 6 N–H and O–H groups in total. The minimum Gasteiger partial charge on any atom is -0.394 e. The van der Waals surface area contributed by atoms with Crippen molar-refractivity contribution in [2.75, 3.05) is 13.2 Å². The second-order valence-corrected chi connectivity index (χ2v) is 21.5. The summed E-state index contributed by atoms with van der Waals surface area (Å²) >= 11 is 0. The maximum atomic E-state index is 13.0. The molecular weight excluding hydrogens is 935 g/mol. The molecule has 1 rings (SSSR count). The van der Waals surface area contributed by atoms with Crippen molar-refractivity contribution < 1.29 is 39.8 Å². The zero-order valence-corrected chi connectivity index (χ0v) is 48.3. The number of nitrogens with one attached hydrogen (secondary N) is 1. The molecule has 7 atom stereocenters. The van der Waals surface area contributed by atoms with Crippen LogP contribution >= 0.6 is 0 Å². The van der Waals surface area contributed by atoms with Crippen LogP contribution in [0.4, 0.5) is 0 Å². The molecule has 0 bridgehead atoms. The number of unbranched alkanes of at least 4 members (excludes halogenated alkanes) is 31.